The fourth-order valence-corrected chi connectivity index (χ4v) is 4.43. The van der Waals surface area contributed by atoms with Crippen LogP contribution in [0.3, 0.4) is 0 Å². The maximum atomic E-state index is 12.3. The minimum absolute atomic E-state index is 0.0427. The Bertz CT molecular complexity index is 689. The summed E-state index contributed by atoms with van der Waals surface area (Å²) in [5, 5.41) is 3.22. The number of rotatable bonds is 5. The Labute approximate surface area is 142 Å². The lowest BCUT2D eigenvalue weighted by molar-refractivity contribution is -0.126. The van der Waals surface area contributed by atoms with Crippen LogP contribution in [0.5, 0.6) is 5.75 Å². The van der Waals surface area contributed by atoms with Gasteiger partial charge >= 0.3 is 0 Å². The molecule has 0 spiro atoms. The summed E-state index contributed by atoms with van der Waals surface area (Å²) in [4.78, 5) is 16.3. The summed E-state index contributed by atoms with van der Waals surface area (Å²) in [5.74, 6) is 2.37. The van der Waals surface area contributed by atoms with Crippen LogP contribution in [0.15, 0.2) is 54.9 Å². The van der Waals surface area contributed by atoms with Crippen LogP contribution in [0.4, 0.5) is 0 Å². The topological polar surface area (TPSA) is 51.2 Å². The Balaban J connectivity index is 1.40. The van der Waals surface area contributed by atoms with Gasteiger partial charge < -0.3 is 10.1 Å². The van der Waals surface area contributed by atoms with E-state index in [1.807, 2.05) is 12.1 Å². The van der Waals surface area contributed by atoms with Crippen LogP contribution in [0.1, 0.15) is 30.7 Å². The Kier molecular flexibility index (Phi) is 4.20. The zero-order chi connectivity index (χ0) is 16.4. The van der Waals surface area contributed by atoms with Gasteiger partial charge in [-0.3, -0.25) is 9.78 Å². The number of fused-ring (bicyclic) bond motifs is 1. The lowest BCUT2D eigenvalue weighted by Gasteiger charge is -2.49. The van der Waals surface area contributed by atoms with Gasteiger partial charge in [0, 0.05) is 18.2 Å². The van der Waals surface area contributed by atoms with Gasteiger partial charge in [0.1, 0.15) is 5.75 Å². The van der Waals surface area contributed by atoms with Crippen molar-refractivity contribution < 1.29 is 9.53 Å². The van der Waals surface area contributed by atoms with E-state index in [0.717, 1.165) is 5.92 Å². The fourth-order valence-electron chi connectivity index (χ4n) is 4.43. The maximum absolute atomic E-state index is 12.3. The first-order valence-electron chi connectivity index (χ1n) is 8.70. The van der Waals surface area contributed by atoms with E-state index in [9.17, 15) is 4.79 Å². The average Bonchev–Trinajstić information content (AvgIpc) is 3.04. The molecular weight excluding hydrogens is 300 g/mol. The first kappa shape index (κ1) is 15.2. The number of aromatic nitrogens is 1. The molecule has 124 valence electrons. The Morgan fingerprint density at radius 1 is 1.12 bits per heavy atom. The quantitative estimate of drug-likeness (QED) is 0.920. The van der Waals surface area contributed by atoms with Crippen molar-refractivity contribution in [1.29, 1.82) is 0 Å². The lowest BCUT2D eigenvalue weighted by Crippen LogP contribution is -2.57. The molecule has 4 unspecified atom stereocenters. The lowest BCUT2D eigenvalue weighted by atomic mass is 9.60. The van der Waals surface area contributed by atoms with Crippen LogP contribution in [-0.4, -0.2) is 23.5 Å². The van der Waals surface area contributed by atoms with Crippen molar-refractivity contribution in [3.05, 3.63) is 60.4 Å². The molecule has 0 aliphatic heterocycles. The molecule has 4 heteroatoms. The van der Waals surface area contributed by atoms with Gasteiger partial charge in [-0.25, -0.2) is 0 Å². The number of benzene rings is 1. The van der Waals surface area contributed by atoms with Gasteiger partial charge in [0.15, 0.2) is 6.61 Å². The number of nitrogens with one attached hydrogen (secondary N) is 1. The van der Waals surface area contributed by atoms with E-state index in [1.54, 1.807) is 18.5 Å². The summed E-state index contributed by atoms with van der Waals surface area (Å²) in [6, 6.07) is 14.4. The largest absolute Gasteiger partial charge is 0.482 e. The molecule has 2 fully saturated rings. The number of pyridine rings is 1. The number of carbonyl (C=O) groups is 1. The number of carbonyl (C=O) groups excluding carboxylic acids is 1. The average molecular weight is 322 g/mol. The molecule has 2 saturated carbocycles. The van der Waals surface area contributed by atoms with E-state index in [4.69, 9.17) is 4.74 Å². The highest BCUT2D eigenvalue weighted by Gasteiger charge is 2.53. The van der Waals surface area contributed by atoms with Crippen molar-refractivity contribution in [3.8, 4) is 5.75 Å². The molecule has 2 aromatic rings. The van der Waals surface area contributed by atoms with E-state index in [-0.39, 0.29) is 18.6 Å². The van der Waals surface area contributed by atoms with Gasteiger partial charge in [-0.2, -0.15) is 0 Å². The Morgan fingerprint density at radius 2 is 1.96 bits per heavy atom. The molecule has 0 radical (unpaired) electrons. The third kappa shape index (κ3) is 2.88. The van der Waals surface area contributed by atoms with Gasteiger partial charge in [-0.05, 0) is 42.4 Å². The van der Waals surface area contributed by atoms with Gasteiger partial charge in [-0.1, -0.05) is 36.8 Å². The van der Waals surface area contributed by atoms with Crippen molar-refractivity contribution in [1.82, 2.24) is 10.3 Å². The first-order chi connectivity index (χ1) is 11.8. The molecule has 0 saturated heterocycles. The van der Waals surface area contributed by atoms with E-state index in [2.05, 4.69) is 34.6 Å². The van der Waals surface area contributed by atoms with E-state index >= 15 is 0 Å². The Morgan fingerprint density at radius 3 is 2.75 bits per heavy atom. The Hall–Kier alpha value is -2.36. The second-order valence-corrected chi connectivity index (χ2v) is 6.77. The molecule has 4 rings (SSSR count). The normalized spacial score (nSPS) is 27.8. The summed E-state index contributed by atoms with van der Waals surface area (Å²) in [6.45, 7) is 0.0427. The van der Waals surface area contributed by atoms with Crippen molar-refractivity contribution in [2.45, 2.75) is 31.2 Å². The van der Waals surface area contributed by atoms with Gasteiger partial charge in [0.05, 0.1) is 6.20 Å². The highest BCUT2D eigenvalue weighted by Crippen LogP contribution is 2.55. The van der Waals surface area contributed by atoms with Crippen LogP contribution in [0.2, 0.25) is 0 Å². The monoisotopic (exact) mass is 322 g/mol. The maximum Gasteiger partial charge on any atom is 0.258 e. The minimum Gasteiger partial charge on any atom is -0.482 e. The predicted molar refractivity (Wildman–Crippen MR) is 91.7 cm³/mol. The third-order valence-corrected chi connectivity index (χ3v) is 5.45. The first-order valence-corrected chi connectivity index (χ1v) is 8.70. The molecular formula is C20H22N2O2. The van der Waals surface area contributed by atoms with Crippen LogP contribution >= 0.6 is 0 Å². The molecule has 1 N–H and O–H groups in total. The summed E-state index contributed by atoms with van der Waals surface area (Å²) in [7, 11) is 0. The van der Waals surface area contributed by atoms with Gasteiger partial charge in [-0.15, -0.1) is 0 Å². The van der Waals surface area contributed by atoms with E-state index in [0.29, 0.717) is 17.6 Å². The zero-order valence-electron chi connectivity index (χ0n) is 13.6. The van der Waals surface area contributed by atoms with Crippen molar-refractivity contribution in [3.63, 3.8) is 0 Å². The fraction of sp³-hybridized carbons (Fsp3) is 0.400. The van der Waals surface area contributed by atoms with Gasteiger partial charge in [0.25, 0.3) is 5.91 Å². The second kappa shape index (κ2) is 6.63. The second-order valence-electron chi connectivity index (χ2n) is 6.77. The summed E-state index contributed by atoms with van der Waals surface area (Å²) in [5.41, 5.74) is 1.35. The molecule has 1 aromatic heterocycles. The number of hydrogen-bond donors (Lipinski definition) is 1. The molecule has 4 atom stereocenters. The molecule has 1 amide bonds. The SMILES string of the molecule is O=C(COc1cccnc1)NC1C2CCCC2C1c1ccccc1. The van der Waals surface area contributed by atoms with Crippen molar-refractivity contribution in [2.75, 3.05) is 6.61 Å². The molecule has 1 aromatic carbocycles. The minimum atomic E-state index is -0.0462. The number of hydrogen-bond acceptors (Lipinski definition) is 3. The summed E-state index contributed by atoms with van der Waals surface area (Å²) < 4.78 is 5.52. The highest BCUT2D eigenvalue weighted by atomic mass is 16.5. The molecule has 0 bridgehead atoms. The van der Waals surface area contributed by atoms with Gasteiger partial charge in [0.2, 0.25) is 0 Å². The predicted octanol–water partition coefficient (Wildman–Crippen LogP) is 3.16. The van der Waals surface area contributed by atoms with E-state index < -0.39 is 0 Å². The molecule has 4 nitrogen and oxygen atoms in total. The number of nitrogens with zero attached hydrogens (tertiary/aromatic N) is 1. The summed E-state index contributed by atoms with van der Waals surface area (Å²) >= 11 is 0. The number of ether oxygens (including phenoxy) is 1. The third-order valence-electron chi connectivity index (χ3n) is 5.45. The van der Waals surface area contributed by atoms with Crippen LogP contribution in [0.25, 0.3) is 0 Å². The number of amides is 1. The molecule has 2 aliphatic rings. The summed E-state index contributed by atoms with van der Waals surface area (Å²) in [6.07, 6.45) is 7.09. The standard InChI is InChI=1S/C20H22N2O2/c23-18(13-24-15-8-5-11-21-12-15)22-20-17-10-4-9-16(17)19(20)14-6-2-1-3-7-14/h1-3,5-8,11-12,16-17,19-20H,4,9-10,13H2,(H,22,23). The van der Waals surface area contributed by atoms with Crippen molar-refractivity contribution >= 4 is 5.91 Å². The van der Waals surface area contributed by atoms with Crippen LogP contribution in [-0.2, 0) is 4.79 Å². The zero-order valence-corrected chi connectivity index (χ0v) is 13.6. The molecule has 24 heavy (non-hydrogen) atoms. The van der Waals surface area contributed by atoms with E-state index in [1.165, 1.54) is 24.8 Å². The smallest absolute Gasteiger partial charge is 0.258 e. The van der Waals surface area contributed by atoms with Crippen LogP contribution < -0.4 is 10.1 Å². The molecule has 1 heterocycles. The highest BCUT2D eigenvalue weighted by molar-refractivity contribution is 5.78. The molecule has 2 aliphatic carbocycles. The van der Waals surface area contributed by atoms with Crippen LogP contribution in [0, 0.1) is 11.8 Å². The van der Waals surface area contributed by atoms with Crippen molar-refractivity contribution in [2.24, 2.45) is 11.8 Å².